The summed E-state index contributed by atoms with van der Waals surface area (Å²) >= 11 is 0. The molecule has 2 N–H and O–H groups in total. The number of hydrogen-bond acceptors (Lipinski definition) is 3. The number of rotatable bonds is 2. The number of nitrogens with zero attached hydrogens (tertiary/aromatic N) is 1. The molecule has 1 heterocycles. The summed E-state index contributed by atoms with van der Waals surface area (Å²) in [6.07, 6.45) is 1.68. The largest absolute Gasteiger partial charge is 0.524 e. The van der Waals surface area contributed by atoms with Gasteiger partial charge in [0.1, 0.15) is 5.75 Å². The zero-order valence-corrected chi connectivity index (χ0v) is 9.39. The lowest BCUT2D eigenvalue weighted by Crippen LogP contribution is -1.91. The van der Waals surface area contributed by atoms with Gasteiger partial charge < -0.3 is 4.52 Å². The number of phosphoric acid groups is 1. The van der Waals surface area contributed by atoms with Crippen molar-refractivity contribution in [2.45, 2.75) is 6.92 Å². The first-order valence-electron chi connectivity index (χ1n) is 4.56. The first kappa shape index (κ1) is 11.1. The molecule has 1 aromatic carbocycles. The highest BCUT2D eigenvalue weighted by atomic mass is 31.2. The van der Waals surface area contributed by atoms with Crippen molar-refractivity contribution < 1.29 is 18.9 Å². The van der Waals surface area contributed by atoms with Crippen LogP contribution in [0, 0.1) is 6.92 Å². The Morgan fingerprint density at radius 1 is 1.31 bits per heavy atom. The van der Waals surface area contributed by atoms with Crippen LogP contribution in [-0.2, 0) is 4.57 Å². The lowest BCUT2D eigenvalue weighted by Gasteiger charge is -2.08. The Hall–Kier alpha value is -1.42. The van der Waals surface area contributed by atoms with Gasteiger partial charge in [0.2, 0.25) is 0 Å². The Balaban J connectivity index is 2.51. The minimum Gasteiger partial charge on any atom is -0.404 e. The maximum atomic E-state index is 10.7. The summed E-state index contributed by atoms with van der Waals surface area (Å²) in [5.41, 5.74) is 0.786. The molecule has 2 aromatic rings. The highest BCUT2D eigenvalue weighted by molar-refractivity contribution is 7.46. The lowest BCUT2D eigenvalue weighted by atomic mass is 10.1. The van der Waals surface area contributed by atoms with Crippen molar-refractivity contribution in [3.63, 3.8) is 0 Å². The number of benzene rings is 1. The van der Waals surface area contributed by atoms with Crippen molar-refractivity contribution in [3.8, 4) is 5.75 Å². The van der Waals surface area contributed by atoms with Crippen LogP contribution >= 0.6 is 7.82 Å². The summed E-state index contributed by atoms with van der Waals surface area (Å²) in [7, 11) is -4.50. The zero-order valence-electron chi connectivity index (χ0n) is 8.49. The van der Waals surface area contributed by atoms with Gasteiger partial charge in [0.05, 0.1) is 0 Å². The smallest absolute Gasteiger partial charge is 0.404 e. The average Bonchev–Trinajstić information content (AvgIpc) is 2.17. The van der Waals surface area contributed by atoms with E-state index in [0.717, 1.165) is 16.5 Å². The first-order chi connectivity index (χ1) is 7.46. The Kier molecular flexibility index (Phi) is 2.68. The number of aryl methyl sites for hydroxylation is 1. The van der Waals surface area contributed by atoms with Gasteiger partial charge in [-0.05, 0) is 30.5 Å². The molecule has 0 amide bonds. The third kappa shape index (κ3) is 2.39. The zero-order chi connectivity index (χ0) is 11.8. The van der Waals surface area contributed by atoms with E-state index in [2.05, 4.69) is 9.51 Å². The van der Waals surface area contributed by atoms with Crippen molar-refractivity contribution in [2.75, 3.05) is 0 Å². The van der Waals surface area contributed by atoms with Gasteiger partial charge in [0.25, 0.3) is 0 Å². The van der Waals surface area contributed by atoms with Crippen molar-refractivity contribution in [1.29, 1.82) is 0 Å². The molecule has 2 rings (SSSR count). The van der Waals surface area contributed by atoms with Crippen LogP contribution in [0.5, 0.6) is 5.75 Å². The van der Waals surface area contributed by atoms with E-state index < -0.39 is 7.82 Å². The fourth-order valence-electron chi connectivity index (χ4n) is 1.49. The Labute approximate surface area is 91.9 Å². The summed E-state index contributed by atoms with van der Waals surface area (Å²) < 4.78 is 15.2. The molecule has 84 valence electrons. The van der Waals surface area contributed by atoms with Gasteiger partial charge >= 0.3 is 7.82 Å². The number of pyridine rings is 1. The summed E-state index contributed by atoms with van der Waals surface area (Å²) in [6.45, 7) is 1.82. The molecule has 0 aliphatic carbocycles. The third-order valence-corrected chi connectivity index (χ3v) is 2.61. The second kappa shape index (κ2) is 3.87. The van der Waals surface area contributed by atoms with E-state index in [1.165, 1.54) is 6.07 Å². The number of fused-ring (bicyclic) bond motifs is 1. The Bertz CT molecular complexity index is 578. The van der Waals surface area contributed by atoms with Crippen LogP contribution in [0.1, 0.15) is 5.69 Å². The molecular weight excluding hydrogens is 229 g/mol. The third-order valence-electron chi connectivity index (χ3n) is 2.16. The van der Waals surface area contributed by atoms with Gasteiger partial charge in [0.15, 0.2) is 0 Å². The predicted molar refractivity (Wildman–Crippen MR) is 59.2 cm³/mol. The van der Waals surface area contributed by atoms with Crippen LogP contribution in [0.15, 0.2) is 30.5 Å². The monoisotopic (exact) mass is 239 g/mol. The maximum absolute atomic E-state index is 10.7. The van der Waals surface area contributed by atoms with Crippen molar-refractivity contribution >= 4 is 18.6 Å². The van der Waals surface area contributed by atoms with E-state index in [-0.39, 0.29) is 5.75 Å². The summed E-state index contributed by atoms with van der Waals surface area (Å²) in [5, 5.41) is 1.76. The SMILES string of the molecule is Cc1nccc2ccc(OP(=O)(O)O)cc12. The highest BCUT2D eigenvalue weighted by Gasteiger charge is 2.15. The number of hydrogen-bond donors (Lipinski definition) is 2. The molecule has 0 saturated carbocycles. The van der Waals surface area contributed by atoms with Crippen LogP contribution in [-0.4, -0.2) is 14.8 Å². The molecule has 0 unspecified atom stereocenters. The molecule has 0 aliphatic rings. The first-order valence-corrected chi connectivity index (χ1v) is 6.09. The van der Waals surface area contributed by atoms with E-state index in [1.807, 2.05) is 13.0 Å². The highest BCUT2D eigenvalue weighted by Crippen LogP contribution is 2.38. The van der Waals surface area contributed by atoms with E-state index in [4.69, 9.17) is 9.79 Å². The van der Waals surface area contributed by atoms with Gasteiger partial charge in [-0.15, -0.1) is 0 Å². The molecule has 16 heavy (non-hydrogen) atoms. The van der Waals surface area contributed by atoms with Crippen molar-refractivity contribution in [3.05, 3.63) is 36.2 Å². The quantitative estimate of drug-likeness (QED) is 0.783. The summed E-state index contributed by atoms with van der Waals surface area (Å²) in [4.78, 5) is 21.5. The topological polar surface area (TPSA) is 79.7 Å². The molecular formula is C10H10NO4P. The molecule has 6 heteroatoms. The van der Waals surface area contributed by atoms with Crippen LogP contribution in [0.25, 0.3) is 10.8 Å². The minimum atomic E-state index is -4.50. The standard InChI is InChI=1S/C10H10NO4P/c1-7-10-6-9(15-16(12,13)14)3-2-8(10)4-5-11-7/h2-6H,1H3,(H2,12,13,14). The fraction of sp³-hybridized carbons (Fsp3) is 0.100. The molecule has 0 atom stereocenters. The average molecular weight is 239 g/mol. The molecule has 0 saturated heterocycles. The van der Waals surface area contributed by atoms with Gasteiger partial charge in [-0.3, -0.25) is 14.8 Å². The molecule has 0 radical (unpaired) electrons. The normalized spacial score (nSPS) is 11.7. The Morgan fingerprint density at radius 2 is 2.06 bits per heavy atom. The van der Waals surface area contributed by atoms with E-state index in [1.54, 1.807) is 18.3 Å². The molecule has 1 aromatic heterocycles. The number of aromatic nitrogens is 1. The van der Waals surface area contributed by atoms with Gasteiger partial charge in [-0.2, -0.15) is 0 Å². The van der Waals surface area contributed by atoms with Crippen LogP contribution in [0.2, 0.25) is 0 Å². The van der Waals surface area contributed by atoms with Gasteiger partial charge in [-0.25, -0.2) is 4.57 Å². The van der Waals surface area contributed by atoms with Crippen molar-refractivity contribution in [2.24, 2.45) is 0 Å². The molecule has 0 fully saturated rings. The summed E-state index contributed by atoms with van der Waals surface area (Å²) in [6, 6.07) is 6.64. The lowest BCUT2D eigenvalue weighted by molar-refractivity contribution is 0.283. The molecule has 5 nitrogen and oxygen atoms in total. The fourth-order valence-corrected chi connectivity index (χ4v) is 1.88. The summed E-state index contributed by atoms with van der Waals surface area (Å²) in [5.74, 6) is 0.136. The predicted octanol–water partition coefficient (Wildman–Crippen LogP) is 2.01. The number of phosphoric ester groups is 1. The van der Waals surface area contributed by atoms with Crippen molar-refractivity contribution in [1.82, 2.24) is 4.98 Å². The van der Waals surface area contributed by atoms with Gasteiger partial charge in [-0.1, -0.05) is 6.07 Å². The molecule has 0 spiro atoms. The minimum absolute atomic E-state index is 0.136. The Morgan fingerprint density at radius 3 is 2.75 bits per heavy atom. The molecule has 0 aliphatic heterocycles. The van der Waals surface area contributed by atoms with Crippen LogP contribution < -0.4 is 4.52 Å². The van der Waals surface area contributed by atoms with E-state index in [9.17, 15) is 4.57 Å². The van der Waals surface area contributed by atoms with Crippen LogP contribution in [0.4, 0.5) is 0 Å². The molecule has 0 bridgehead atoms. The second-order valence-corrected chi connectivity index (χ2v) is 4.52. The second-order valence-electron chi connectivity index (χ2n) is 3.36. The van der Waals surface area contributed by atoms with Gasteiger partial charge in [0, 0.05) is 17.3 Å². The van der Waals surface area contributed by atoms with Crippen LogP contribution in [0.3, 0.4) is 0 Å². The maximum Gasteiger partial charge on any atom is 0.524 e. The van der Waals surface area contributed by atoms with E-state index >= 15 is 0 Å². The van der Waals surface area contributed by atoms with E-state index in [0.29, 0.717) is 0 Å².